The van der Waals surface area contributed by atoms with Crippen molar-refractivity contribution in [2.45, 2.75) is 45.8 Å². The van der Waals surface area contributed by atoms with E-state index in [0.29, 0.717) is 0 Å². The van der Waals surface area contributed by atoms with Crippen LogP contribution in [-0.2, 0) is 16.4 Å². The van der Waals surface area contributed by atoms with Crippen LogP contribution >= 0.6 is 0 Å². The smallest absolute Gasteiger partial charge is 0.398 e. The van der Waals surface area contributed by atoms with Gasteiger partial charge >= 0.3 is 7.12 Å². The topological polar surface area (TPSA) is 49.2 Å². The number of nitrogens with zero attached hydrogens (tertiary/aromatic N) is 3. The van der Waals surface area contributed by atoms with E-state index in [1.165, 1.54) is 0 Å². The minimum Gasteiger partial charge on any atom is -0.398 e. The molecule has 0 aliphatic carbocycles. The van der Waals surface area contributed by atoms with Crippen LogP contribution in [0.4, 0.5) is 0 Å². The van der Waals surface area contributed by atoms with Crippen LogP contribution in [0.2, 0.25) is 0 Å². The van der Waals surface area contributed by atoms with Gasteiger partial charge in [0.05, 0.1) is 22.5 Å². The highest BCUT2D eigenvalue weighted by Gasteiger charge is 2.52. The van der Waals surface area contributed by atoms with Crippen molar-refractivity contribution in [3.8, 4) is 0 Å². The lowest BCUT2D eigenvalue weighted by Crippen LogP contribution is -2.41. The molecule has 0 atom stereocenters. The first-order chi connectivity index (χ1) is 9.19. The van der Waals surface area contributed by atoms with Gasteiger partial charge in [-0.3, -0.25) is 9.67 Å². The number of fused-ring (bicyclic) bond motifs is 1. The average molecular weight is 273 g/mol. The fourth-order valence-electron chi connectivity index (χ4n) is 2.42. The zero-order valence-electron chi connectivity index (χ0n) is 12.9. The molecule has 1 fully saturated rings. The molecular formula is C14H20BN3O2. The van der Waals surface area contributed by atoms with Gasteiger partial charge in [0.15, 0.2) is 0 Å². The molecule has 3 heterocycles. The van der Waals surface area contributed by atoms with E-state index in [-0.39, 0.29) is 11.2 Å². The first kappa shape index (κ1) is 13.6. The Hall–Kier alpha value is -1.40. The second-order valence-electron chi connectivity index (χ2n) is 6.46. The van der Waals surface area contributed by atoms with E-state index in [2.05, 4.69) is 10.1 Å². The molecule has 0 amide bonds. The van der Waals surface area contributed by atoms with Crippen molar-refractivity contribution in [1.82, 2.24) is 14.8 Å². The fourth-order valence-corrected chi connectivity index (χ4v) is 2.42. The quantitative estimate of drug-likeness (QED) is 0.740. The molecule has 0 saturated carbocycles. The van der Waals surface area contributed by atoms with Gasteiger partial charge in [0.2, 0.25) is 0 Å². The molecule has 1 saturated heterocycles. The first-order valence-corrected chi connectivity index (χ1v) is 6.86. The Bertz CT molecular complexity index is 662. The Balaban J connectivity index is 2.04. The first-order valence-electron chi connectivity index (χ1n) is 6.86. The highest BCUT2D eigenvalue weighted by atomic mass is 16.7. The van der Waals surface area contributed by atoms with Crippen molar-refractivity contribution in [1.29, 1.82) is 0 Å². The van der Waals surface area contributed by atoms with Crippen molar-refractivity contribution >= 4 is 23.6 Å². The second kappa shape index (κ2) is 4.05. The maximum absolute atomic E-state index is 6.05. The van der Waals surface area contributed by atoms with E-state index >= 15 is 0 Å². The molecule has 20 heavy (non-hydrogen) atoms. The monoisotopic (exact) mass is 273 g/mol. The van der Waals surface area contributed by atoms with E-state index in [1.54, 1.807) is 4.68 Å². The lowest BCUT2D eigenvalue weighted by atomic mass is 9.83. The van der Waals surface area contributed by atoms with Gasteiger partial charge in [-0.1, -0.05) is 0 Å². The number of pyridine rings is 1. The summed E-state index contributed by atoms with van der Waals surface area (Å²) in [7, 11) is 1.48. The summed E-state index contributed by atoms with van der Waals surface area (Å²) in [6.07, 6.45) is 1.98. The average Bonchev–Trinajstić information content (AvgIpc) is 2.77. The lowest BCUT2D eigenvalue weighted by molar-refractivity contribution is 0.00578. The minimum absolute atomic E-state index is 0.350. The van der Waals surface area contributed by atoms with E-state index in [4.69, 9.17) is 9.31 Å². The van der Waals surface area contributed by atoms with Gasteiger partial charge in [0.1, 0.15) is 5.52 Å². The maximum Gasteiger partial charge on any atom is 0.514 e. The van der Waals surface area contributed by atoms with E-state index < -0.39 is 7.12 Å². The van der Waals surface area contributed by atoms with Gasteiger partial charge in [-0.05, 0) is 40.7 Å². The van der Waals surface area contributed by atoms with Crippen LogP contribution in [0.15, 0.2) is 12.3 Å². The molecular weight excluding hydrogens is 253 g/mol. The Labute approximate surface area is 119 Å². The standard InChI is InChI=1S/C14H20BN3O2/c1-9-12-10(8-18(6)17-12)7-11(16-9)15-19-13(2,3)14(4,5)20-15/h7-8H,1-6H3. The Morgan fingerprint density at radius 3 is 2.35 bits per heavy atom. The molecule has 1 aliphatic heterocycles. The molecule has 2 aromatic heterocycles. The van der Waals surface area contributed by atoms with Gasteiger partial charge in [0.25, 0.3) is 0 Å². The number of rotatable bonds is 1. The molecule has 0 bridgehead atoms. The molecule has 0 unspecified atom stereocenters. The Kier molecular flexibility index (Phi) is 2.75. The van der Waals surface area contributed by atoms with Crippen LogP contribution in [0.1, 0.15) is 33.4 Å². The normalized spacial score (nSPS) is 20.8. The molecule has 3 rings (SSSR count). The van der Waals surface area contributed by atoms with E-state index in [1.807, 2.05) is 53.9 Å². The predicted octanol–water partition coefficient (Wildman–Crippen LogP) is 1.58. The van der Waals surface area contributed by atoms with Gasteiger partial charge in [-0.25, -0.2) is 0 Å². The van der Waals surface area contributed by atoms with Crippen molar-refractivity contribution in [3.05, 3.63) is 18.0 Å². The number of hydrogen-bond donors (Lipinski definition) is 0. The van der Waals surface area contributed by atoms with Gasteiger partial charge in [0, 0.05) is 18.6 Å². The highest BCUT2D eigenvalue weighted by Crippen LogP contribution is 2.36. The summed E-state index contributed by atoms with van der Waals surface area (Å²) in [4.78, 5) is 4.60. The summed E-state index contributed by atoms with van der Waals surface area (Å²) in [5.41, 5.74) is 1.93. The lowest BCUT2D eigenvalue weighted by Gasteiger charge is -2.32. The molecule has 6 heteroatoms. The maximum atomic E-state index is 6.05. The summed E-state index contributed by atoms with van der Waals surface area (Å²) in [5, 5.41) is 5.47. The second-order valence-corrected chi connectivity index (χ2v) is 6.46. The Morgan fingerprint density at radius 1 is 1.15 bits per heavy atom. The van der Waals surface area contributed by atoms with Crippen molar-refractivity contribution < 1.29 is 9.31 Å². The van der Waals surface area contributed by atoms with Crippen molar-refractivity contribution in [3.63, 3.8) is 0 Å². The fraction of sp³-hybridized carbons (Fsp3) is 0.571. The third kappa shape index (κ3) is 1.94. The van der Waals surface area contributed by atoms with Crippen LogP contribution in [0.25, 0.3) is 10.9 Å². The number of aryl methyl sites for hydroxylation is 2. The molecule has 0 spiro atoms. The van der Waals surface area contributed by atoms with Crippen LogP contribution in [-0.4, -0.2) is 33.1 Å². The molecule has 5 nitrogen and oxygen atoms in total. The number of aromatic nitrogens is 3. The predicted molar refractivity (Wildman–Crippen MR) is 79.0 cm³/mol. The molecule has 0 N–H and O–H groups in total. The largest absolute Gasteiger partial charge is 0.514 e. The summed E-state index contributed by atoms with van der Waals surface area (Å²) < 4.78 is 13.9. The van der Waals surface area contributed by atoms with Crippen molar-refractivity contribution in [2.75, 3.05) is 0 Å². The summed E-state index contributed by atoms with van der Waals surface area (Å²) in [6.45, 7) is 10.1. The third-order valence-corrected chi connectivity index (χ3v) is 4.29. The highest BCUT2D eigenvalue weighted by molar-refractivity contribution is 6.61. The molecule has 106 valence electrons. The van der Waals surface area contributed by atoms with Crippen LogP contribution < -0.4 is 5.59 Å². The zero-order valence-corrected chi connectivity index (χ0v) is 12.9. The van der Waals surface area contributed by atoms with E-state index in [0.717, 1.165) is 22.2 Å². The molecule has 0 aromatic carbocycles. The summed E-state index contributed by atoms with van der Waals surface area (Å²) in [6, 6.07) is 2.00. The minimum atomic E-state index is -0.427. The Morgan fingerprint density at radius 2 is 1.75 bits per heavy atom. The van der Waals surface area contributed by atoms with Crippen LogP contribution in [0.3, 0.4) is 0 Å². The van der Waals surface area contributed by atoms with Crippen LogP contribution in [0.5, 0.6) is 0 Å². The number of hydrogen-bond acceptors (Lipinski definition) is 4. The molecule has 0 radical (unpaired) electrons. The summed E-state index contributed by atoms with van der Waals surface area (Å²) >= 11 is 0. The van der Waals surface area contributed by atoms with Crippen molar-refractivity contribution in [2.24, 2.45) is 7.05 Å². The van der Waals surface area contributed by atoms with Gasteiger partial charge < -0.3 is 9.31 Å². The van der Waals surface area contributed by atoms with Gasteiger partial charge in [-0.2, -0.15) is 5.10 Å². The zero-order chi connectivity index (χ0) is 14.7. The molecule has 1 aliphatic rings. The van der Waals surface area contributed by atoms with Crippen LogP contribution in [0, 0.1) is 6.92 Å². The summed E-state index contributed by atoms with van der Waals surface area (Å²) in [5.74, 6) is 0. The SMILES string of the molecule is Cc1nc(B2OC(C)(C)C(C)(C)O2)cc2cn(C)nc12. The third-order valence-electron chi connectivity index (χ3n) is 4.29. The van der Waals surface area contributed by atoms with E-state index in [9.17, 15) is 0 Å². The molecule has 2 aromatic rings. The van der Waals surface area contributed by atoms with Gasteiger partial charge in [-0.15, -0.1) is 0 Å².